The summed E-state index contributed by atoms with van der Waals surface area (Å²) in [5.41, 5.74) is 1.42. The van der Waals surface area contributed by atoms with Crippen molar-refractivity contribution in [1.29, 1.82) is 0 Å². The third-order valence-corrected chi connectivity index (χ3v) is 5.59. The summed E-state index contributed by atoms with van der Waals surface area (Å²) in [5, 5.41) is 22.2. The lowest BCUT2D eigenvalue weighted by Gasteiger charge is -2.35. The van der Waals surface area contributed by atoms with Crippen LogP contribution in [0.3, 0.4) is 0 Å². The van der Waals surface area contributed by atoms with E-state index in [9.17, 15) is 10.2 Å². The van der Waals surface area contributed by atoms with Gasteiger partial charge in [0, 0.05) is 0 Å². The van der Waals surface area contributed by atoms with Crippen LogP contribution in [0.2, 0.25) is 0 Å². The van der Waals surface area contributed by atoms with Crippen molar-refractivity contribution in [1.82, 2.24) is 0 Å². The third kappa shape index (κ3) is 1.65. The fourth-order valence-corrected chi connectivity index (χ4v) is 4.52. The molecule has 2 bridgehead atoms. The van der Waals surface area contributed by atoms with Crippen LogP contribution in [0.25, 0.3) is 0 Å². The summed E-state index contributed by atoms with van der Waals surface area (Å²) >= 11 is 0. The highest BCUT2D eigenvalue weighted by molar-refractivity contribution is 5.58. The van der Waals surface area contributed by atoms with Crippen molar-refractivity contribution in [3.8, 4) is 0 Å². The van der Waals surface area contributed by atoms with Gasteiger partial charge in [0.15, 0.2) is 0 Å². The van der Waals surface area contributed by atoms with Gasteiger partial charge in [0.1, 0.15) is 23.4 Å². The Hall–Kier alpha value is -2.46. The first kappa shape index (κ1) is 14.8. The monoisotopic (exact) mass is 330 g/mol. The smallest absolute Gasteiger partial charge is 0.149 e. The highest BCUT2D eigenvalue weighted by Crippen LogP contribution is 2.63. The molecule has 5 rings (SSSR count). The zero-order valence-electron chi connectivity index (χ0n) is 13.5. The minimum absolute atomic E-state index is 0.851. The van der Waals surface area contributed by atoms with Gasteiger partial charge in [-0.3, -0.25) is 0 Å². The number of hydrogen-bond donors (Lipinski definition) is 2. The van der Waals surface area contributed by atoms with Crippen molar-refractivity contribution in [3.05, 3.63) is 107 Å². The van der Waals surface area contributed by atoms with Gasteiger partial charge in [-0.1, -0.05) is 84.9 Å². The highest BCUT2D eigenvalue weighted by Gasteiger charge is 2.70. The molecule has 1 saturated heterocycles. The van der Waals surface area contributed by atoms with E-state index < -0.39 is 23.4 Å². The van der Waals surface area contributed by atoms with Gasteiger partial charge < -0.3 is 14.9 Å². The minimum atomic E-state index is -1.06. The van der Waals surface area contributed by atoms with Crippen LogP contribution in [0, 0.1) is 0 Å². The van der Waals surface area contributed by atoms with Gasteiger partial charge >= 0.3 is 0 Å². The van der Waals surface area contributed by atoms with Gasteiger partial charge in [-0.25, -0.2) is 0 Å². The lowest BCUT2D eigenvalue weighted by Crippen LogP contribution is -2.48. The molecule has 0 spiro atoms. The normalized spacial score (nSPS) is 32.6. The lowest BCUT2D eigenvalue weighted by molar-refractivity contribution is -0.0736. The number of ether oxygens (including phenoxy) is 1. The topological polar surface area (TPSA) is 49.7 Å². The Balaban J connectivity index is 1.85. The molecular weight excluding hydrogens is 312 g/mol. The van der Waals surface area contributed by atoms with E-state index in [1.54, 1.807) is 0 Å². The average Bonchev–Trinajstić information content (AvgIpc) is 3.13. The third-order valence-electron chi connectivity index (χ3n) is 5.59. The number of benzene rings is 3. The zero-order valence-corrected chi connectivity index (χ0v) is 13.5. The Morgan fingerprint density at radius 3 is 1.32 bits per heavy atom. The van der Waals surface area contributed by atoms with Gasteiger partial charge in [-0.15, -0.1) is 0 Å². The van der Waals surface area contributed by atoms with Crippen molar-refractivity contribution < 1.29 is 14.9 Å². The molecule has 2 N–H and O–H groups in total. The number of aliphatic hydroxyl groups is 2. The molecule has 3 aromatic rings. The van der Waals surface area contributed by atoms with Crippen LogP contribution < -0.4 is 0 Å². The molecule has 25 heavy (non-hydrogen) atoms. The molecule has 124 valence electrons. The van der Waals surface area contributed by atoms with Gasteiger partial charge in [0.2, 0.25) is 0 Å². The lowest BCUT2D eigenvalue weighted by atomic mass is 9.68. The predicted octanol–water partition coefficient (Wildman–Crippen LogP) is 2.94. The van der Waals surface area contributed by atoms with Crippen LogP contribution >= 0.6 is 0 Å². The number of aliphatic hydroxyl groups excluding tert-OH is 2. The molecule has 2 heterocycles. The zero-order chi connectivity index (χ0) is 17.1. The molecule has 0 aromatic heterocycles. The Labute approximate surface area is 146 Å². The fraction of sp³-hybridized carbons (Fsp3) is 0.182. The largest absolute Gasteiger partial charge is 0.386 e. The van der Waals surface area contributed by atoms with Gasteiger partial charge in [0.05, 0.1) is 0 Å². The first-order valence-electron chi connectivity index (χ1n) is 8.48. The summed E-state index contributed by atoms with van der Waals surface area (Å²) in [6, 6.07) is 27.2. The van der Waals surface area contributed by atoms with E-state index in [0.29, 0.717) is 0 Å². The molecule has 0 amide bonds. The molecule has 3 nitrogen and oxygen atoms in total. The summed E-state index contributed by atoms with van der Waals surface area (Å²) in [5.74, 6) is 0. The Bertz CT molecular complexity index is 848. The quantitative estimate of drug-likeness (QED) is 0.759. The first-order chi connectivity index (χ1) is 12.2. The summed E-state index contributed by atoms with van der Waals surface area (Å²) in [6.07, 6.45) is -2.10. The number of rotatable bonds is 2. The Kier molecular flexibility index (Phi) is 2.98. The number of fused-ring (bicyclic) bond motifs is 5. The van der Waals surface area contributed by atoms with Crippen molar-refractivity contribution in [2.24, 2.45) is 0 Å². The Morgan fingerprint density at radius 1 is 0.560 bits per heavy atom. The standard InChI is InChI=1S/C22H18O3/c23-19-20(24)22(16-11-5-2-6-12-16)18-14-8-7-13-17(18)21(19,25-22)15-9-3-1-4-10-15/h1-14,19-20,23-24H. The summed E-state index contributed by atoms with van der Waals surface area (Å²) in [6.45, 7) is 0. The SMILES string of the molecule is OC1C(O)C2(c3ccccc3)OC1(c1ccccc1)c1ccccc12. The van der Waals surface area contributed by atoms with Crippen molar-refractivity contribution in [3.63, 3.8) is 0 Å². The van der Waals surface area contributed by atoms with Gasteiger partial charge in [-0.05, 0) is 22.3 Å². The molecule has 0 radical (unpaired) electrons. The molecular formula is C22H18O3. The first-order valence-corrected chi connectivity index (χ1v) is 8.48. The van der Waals surface area contributed by atoms with E-state index in [1.807, 2.05) is 84.9 Å². The fourth-order valence-electron chi connectivity index (χ4n) is 4.52. The van der Waals surface area contributed by atoms with Crippen molar-refractivity contribution >= 4 is 0 Å². The van der Waals surface area contributed by atoms with Crippen molar-refractivity contribution in [2.75, 3.05) is 0 Å². The van der Waals surface area contributed by atoms with E-state index in [1.165, 1.54) is 0 Å². The van der Waals surface area contributed by atoms with Crippen LogP contribution in [0.1, 0.15) is 22.3 Å². The molecule has 4 atom stereocenters. The maximum Gasteiger partial charge on any atom is 0.149 e. The second-order valence-corrected chi connectivity index (χ2v) is 6.74. The summed E-state index contributed by atoms with van der Waals surface area (Å²) in [4.78, 5) is 0. The summed E-state index contributed by atoms with van der Waals surface area (Å²) < 4.78 is 6.61. The molecule has 3 aromatic carbocycles. The predicted molar refractivity (Wildman–Crippen MR) is 94.0 cm³/mol. The molecule has 0 aliphatic carbocycles. The van der Waals surface area contributed by atoms with E-state index in [4.69, 9.17) is 4.74 Å². The van der Waals surface area contributed by atoms with Crippen molar-refractivity contribution in [2.45, 2.75) is 23.4 Å². The van der Waals surface area contributed by atoms with Gasteiger partial charge in [0.25, 0.3) is 0 Å². The molecule has 2 aliphatic rings. The maximum absolute atomic E-state index is 11.1. The van der Waals surface area contributed by atoms with Crippen LogP contribution in [-0.4, -0.2) is 22.4 Å². The second-order valence-electron chi connectivity index (χ2n) is 6.74. The Morgan fingerprint density at radius 2 is 0.920 bits per heavy atom. The van der Waals surface area contributed by atoms with E-state index in [-0.39, 0.29) is 0 Å². The van der Waals surface area contributed by atoms with Gasteiger partial charge in [-0.2, -0.15) is 0 Å². The molecule has 4 unspecified atom stereocenters. The second kappa shape index (κ2) is 5.02. The molecule has 3 heteroatoms. The molecule has 2 aliphatic heterocycles. The molecule has 0 saturated carbocycles. The maximum atomic E-state index is 11.1. The molecule has 1 fully saturated rings. The van der Waals surface area contributed by atoms with E-state index in [2.05, 4.69) is 0 Å². The van der Waals surface area contributed by atoms with Crippen LogP contribution in [0.15, 0.2) is 84.9 Å². The van der Waals surface area contributed by atoms with E-state index >= 15 is 0 Å². The number of hydrogen-bond acceptors (Lipinski definition) is 3. The minimum Gasteiger partial charge on any atom is -0.386 e. The highest BCUT2D eigenvalue weighted by atomic mass is 16.6. The van der Waals surface area contributed by atoms with Crippen LogP contribution in [0.5, 0.6) is 0 Å². The average molecular weight is 330 g/mol. The summed E-state index contributed by atoms with van der Waals surface area (Å²) in [7, 11) is 0. The van der Waals surface area contributed by atoms with E-state index in [0.717, 1.165) is 22.3 Å². The van der Waals surface area contributed by atoms with Crippen LogP contribution in [0.4, 0.5) is 0 Å². The van der Waals surface area contributed by atoms with Crippen LogP contribution in [-0.2, 0) is 15.9 Å².